The highest BCUT2D eigenvalue weighted by molar-refractivity contribution is 7.18. The van der Waals surface area contributed by atoms with Crippen LogP contribution in [-0.4, -0.2) is 78.0 Å². The van der Waals surface area contributed by atoms with Crippen molar-refractivity contribution in [3.63, 3.8) is 0 Å². The molecule has 4 N–H and O–H groups in total. The number of pyridine rings is 1. The van der Waals surface area contributed by atoms with Crippen LogP contribution in [0.3, 0.4) is 0 Å². The van der Waals surface area contributed by atoms with Crippen LogP contribution in [-0.2, 0) is 11.8 Å². The average molecular weight is 598 g/mol. The lowest BCUT2D eigenvalue weighted by Crippen LogP contribution is -2.45. The van der Waals surface area contributed by atoms with E-state index in [4.69, 9.17) is 10.5 Å². The van der Waals surface area contributed by atoms with Gasteiger partial charge in [-0.05, 0) is 36.9 Å². The number of nitrogens with two attached hydrogens (primary N) is 1. The Balaban J connectivity index is 1.21. The van der Waals surface area contributed by atoms with Gasteiger partial charge in [0.25, 0.3) is 5.91 Å². The molecular formula is C32H35N7O3S. The first-order valence-corrected chi connectivity index (χ1v) is 15.1. The molecule has 0 atom stereocenters. The van der Waals surface area contributed by atoms with Crippen LogP contribution in [0.1, 0.15) is 16.9 Å². The van der Waals surface area contributed by atoms with Crippen molar-refractivity contribution < 1.29 is 14.3 Å². The number of aryl methyl sites for hydroxylation is 1. The monoisotopic (exact) mass is 597 g/mol. The number of para-hydroxylation sites is 1. The summed E-state index contributed by atoms with van der Waals surface area (Å²) >= 11 is 1.50. The molecule has 1 fully saturated rings. The smallest absolute Gasteiger partial charge is 0.272 e. The summed E-state index contributed by atoms with van der Waals surface area (Å²) in [6.45, 7) is 4.71. The van der Waals surface area contributed by atoms with Crippen LogP contribution in [0, 0.1) is 0 Å². The van der Waals surface area contributed by atoms with E-state index < -0.39 is 0 Å². The van der Waals surface area contributed by atoms with Crippen LogP contribution in [0.15, 0.2) is 60.1 Å². The molecule has 0 aliphatic carbocycles. The Morgan fingerprint density at radius 2 is 1.81 bits per heavy atom. The maximum atomic E-state index is 13.2. The zero-order chi connectivity index (χ0) is 30.1. The normalized spacial score (nSPS) is 14.3. The van der Waals surface area contributed by atoms with E-state index in [-0.39, 0.29) is 11.8 Å². The zero-order valence-corrected chi connectivity index (χ0v) is 25.3. The number of rotatable bonds is 8. The number of benzene rings is 2. The Morgan fingerprint density at radius 1 is 1.02 bits per heavy atom. The van der Waals surface area contributed by atoms with E-state index in [0.717, 1.165) is 64.8 Å². The molecule has 0 unspecified atom stereocenters. The van der Waals surface area contributed by atoms with Crippen LogP contribution >= 0.6 is 11.3 Å². The van der Waals surface area contributed by atoms with Crippen LogP contribution in [0.4, 0.5) is 17.2 Å². The minimum Gasteiger partial charge on any atom is -0.495 e. The highest BCUT2D eigenvalue weighted by atomic mass is 32.1. The van der Waals surface area contributed by atoms with Crippen LogP contribution < -0.4 is 21.1 Å². The molecule has 10 nitrogen and oxygen atoms in total. The van der Waals surface area contributed by atoms with E-state index in [0.29, 0.717) is 35.1 Å². The van der Waals surface area contributed by atoms with Crippen molar-refractivity contribution in [1.29, 1.82) is 0 Å². The van der Waals surface area contributed by atoms with Crippen LogP contribution in [0.25, 0.3) is 32.1 Å². The third kappa shape index (κ3) is 5.79. The minimum absolute atomic E-state index is 0.0466. The highest BCUT2D eigenvalue weighted by Gasteiger charge is 2.20. The van der Waals surface area contributed by atoms with Gasteiger partial charge in [0.15, 0.2) is 0 Å². The van der Waals surface area contributed by atoms with E-state index in [2.05, 4.69) is 32.5 Å². The molecule has 6 rings (SSSR count). The lowest BCUT2D eigenvalue weighted by Gasteiger charge is -2.32. The molecule has 3 aromatic heterocycles. The van der Waals surface area contributed by atoms with Gasteiger partial charge in [-0.3, -0.25) is 9.59 Å². The van der Waals surface area contributed by atoms with Gasteiger partial charge in [0, 0.05) is 73.4 Å². The second kappa shape index (κ2) is 12.0. The molecular weight excluding hydrogens is 562 g/mol. The molecule has 11 heteroatoms. The standard InChI is InChI=1S/C32H35N7O3S/c1-37-12-14-39(15-13-37)11-10-28(40)35-24-18-34-31(33)29-22(19-43-30(24)29)20-8-9-23(27(17-20)42-3)36-32(41)26-16-21-6-4-5-7-25(21)38(26)2/h4-9,16-19H,10-15H2,1-3H3,(H2,33,34)(H,35,40)(H,36,41). The molecule has 0 radical (unpaired) electrons. The van der Waals surface area contributed by atoms with Crippen molar-refractivity contribution >= 4 is 61.3 Å². The predicted octanol–water partition coefficient (Wildman–Crippen LogP) is 4.87. The molecule has 43 heavy (non-hydrogen) atoms. The van der Waals surface area contributed by atoms with Gasteiger partial charge in [0.1, 0.15) is 17.3 Å². The third-order valence-electron chi connectivity index (χ3n) is 8.09. The number of carbonyl (C=O) groups is 2. The van der Waals surface area contributed by atoms with E-state index in [1.165, 1.54) is 11.3 Å². The van der Waals surface area contributed by atoms with Crippen molar-refractivity contribution in [3.8, 4) is 16.9 Å². The van der Waals surface area contributed by atoms with Gasteiger partial charge in [-0.1, -0.05) is 24.3 Å². The molecule has 1 aliphatic heterocycles. The number of nitrogen functional groups attached to an aromatic ring is 1. The summed E-state index contributed by atoms with van der Waals surface area (Å²) in [6.07, 6.45) is 2.04. The number of fused-ring (bicyclic) bond motifs is 2. The van der Waals surface area contributed by atoms with E-state index in [1.54, 1.807) is 13.3 Å². The maximum absolute atomic E-state index is 13.2. The van der Waals surface area contributed by atoms with Gasteiger partial charge >= 0.3 is 0 Å². The first-order chi connectivity index (χ1) is 20.8. The minimum atomic E-state index is -0.229. The number of hydrogen-bond acceptors (Lipinski definition) is 8. The molecule has 4 heterocycles. The largest absolute Gasteiger partial charge is 0.495 e. The molecule has 1 saturated heterocycles. The highest BCUT2D eigenvalue weighted by Crippen LogP contribution is 2.42. The van der Waals surface area contributed by atoms with Crippen LogP contribution in [0.5, 0.6) is 5.75 Å². The molecule has 1 aliphatic rings. The Kier molecular flexibility index (Phi) is 8.02. The summed E-state index contributed by atoms with van der Waals surface area (Å²) in [7, 11) is 5.57. The van der Waals surface area contributed by atoms with Crippen LogP contribution in [0.2, 0.25) is 0 Å². The topological polar surface area (TPSA) is 118 Å². The Bertz CT molecular complexity index is 1820. The Labute approximate surface area is 254 Å². The molecule has 5 aromatic rings. The molecule has 2 aromatic carbocycles. The fraction of sp³-hybridized carbons (Fsp3) is 0.281. The number of ether oxygens (including phenoxy) is 1. The summed E-state index contributed by atoms with van der Waals surface area (Å²) in [4.78, 5) is 35.1. The molecule has 0 bridgehead atoms. The zero-order valence-electron chi connectivity index (χ0n) is 24.5. The third-order valence-corrected chi connectivity index (χ3v) is 9.11. The molecule has 222 valence electrons. The number of nitrogens with zero attached hydrogens (tertiary/aromatic N) is 4. The van der Waals surface area contributed by atoms with Gasteiger partial charge in [0.2, 0.25) is 5.91 Å². The number of hydrogen-bond donors (Lipinski definition) is 3. The van der Waals surface area contributed by atoms with Crippen molar-refractivity contribution in [3.05, 3.63) is 65.8 Å². The lowest BCUT2D eigenvalue weighted by molar-refractivity contribution is -0.116. The number of likely N-dealkylation sites (N-methyl/N-ethyl adjacent to an activating group) is 1. The van der Waals surface area contributed by atoms with Gasteiger partial charge in [0.05, 0.1) is 29.4 Å². The summed E-state index contributed by atoms with van der Waals surface area (Å²) in [5.74, 6) is 0.625. The second-order valence-electron chi connectivity index (χ2n) is 10.9. The van der Waals surface area contributed by atoms with Gasteiger partial charge in [-0.2, -0.15) is 0 Å². The lowest BCUT2D eigenvalue weighted by atomic mass is 10.0. The number of amides is 2. The number of piperazine rings is 1. The summed E-state index contributed by atoms with van der Waals surface area (Å²) in [5, 5.41) is 9.82. The van der Waals surface area contributed by atoms with E-state index >= 15 is 0 Å². The number of methoxy groups -OCH3 is 1. The molecule has 0 saturated carbocycles. The second-order valence-corrected chi connectivity index (χ2v) is 11.7. The van der Waals surface area contributed by atoms with Gasteiger partial charge in [-0.15, -0.1) is 11.3 Å². The maximum Gasteiger partial charge on any atom is 0.272 e. The summed E-state index contributed by atoms with van der Waals surface area (Å²) < 4.78 is 8.42. The van der Waals surface area contributed by atoms with Crippen molar-refractivity contribution in [2.24, 2.45) is 7.05 Å². The fourth-order valence-corrected chi connectivity index (χ4v) is 6.62. The van der Waals surface area contributed by atoms with E-state index in [9.17, 15) is 9.59 Å². The SMILES string of the molecule is COc1cc(-c2csc3c(NC(=O)CCN4CCN(C)CC4)cnc(N)c23)ccc1NC(=O)c1cc2ccccc2n1C. The quantitative estimate of drug-likeness (QED) is 0.234. The van der Waals surface area contributed by atoms with Gasteiger partial charge < -0.3 is 35.5 Å². The average Bonchev–Trinajstić information content (AvgIpc) is 3.61. The number of aromatic nitrogens is 2. The van der Waals surface area contributed by atoms with Crippen molar-refractivity contribution in [2.45, 2.75) is 6.42 Å². The Hall–Kier alpha value is -4.45. The number of nitrogens with one attached hydrogen (secondary N) is 2. The Morgan fingerprint density at radius 3 is 2.58 bits per heavy atom. The van der Waals surface area contributed by atoms with Gasteiger partial charge in [-0.25, -0.2) is 4.98 Å². The molecule has 2 amide bonds. The predicted molar refractivity (Wildman–Crippen MR) is 174 cm³/mol. The van der Waals surface area contributed by atoms with Crippen molar-refractivity contribution in [1.82, 2.24) is 19.4 Å². The first kappa shape index (κ1) is 28.7. The summed E-state index contributed by atoms with van der Waals surface area (Å²) in [6, 6.07) is 15.4. The fourth-order valence-electron chi connectivity index (χ4n) is 5.57. The molecule has 0 spiro atoms. The van der Waals surface area contributed by atoms with E-state index in [1.807, 2.05) is 65.5 Å². The van der Waals surface area contributed by atoms with Crippen molar-refractivity contribution in [2.75, 3.05) is 63.2 Å². The first-order valence-electron chi connectivity index (χ1n) is 14.2. The number of thiophene rings is 1. The summed E-state index contributed by atoms with van der Waals surface area (Å²) in [5.41, 5.74) is 10.8. The number of anilines is 3. The number of carbonyl (C=O) groups excluding carboxylic acids is 2.